The van der Waals surface area contributed by atoms with Gasteiger partial charge in [0, 0.05) is 0 Å². The molecule has 0 saturated carbocycles. The Balaban J connectivity index is 1.66. The zero-order chi connectivity index (χ0) is 25.1. The van der Waals surface area contributed by atoms with Gasteiger partial charge in [0.2, 0.25) is 0 Å². The first kappa shape index (κ1) is 26.2. The molecule has 0 radical (unpaired) electrons. The summed E-state index contributed by atoms with van der Waals surface area (Å²) in [5.74, 6) is 0.748. The van der Waals surface area contributed by atoms with Gasteiger partial charge in [-0.1, -0.05) is 0 Å². The van der Waals surface area contributed by atoms with Crippen LogP contribution in [0, 0.1) is 0 Å². The van der Waals surface area contributed by atoms with Crippen LogP contribution in [0.15, 0.2) is 107 Å². The number of hydrogen-bond acceptors (Lipinski definition) is 4. The number of alkyl halides is 6. The Morgan fingerprint density at radius 1 is 0.543 bits per heavy atom. The molecule has 4 rings (SSSR count). The SMILES string of the molecule is FC(F)(F)Sc1ccc([O][Zr]([O]c2ccc(SC(F)(F)F)cc2)([CH]2C=CC=C2)[CH]2C=CC=C2)cc1. The Labute approximate surface area is 212 Å². The average Bonchev–Trinajstić information content (AvgIpc) is 3.49. The first-order chi connectivity index (χ1) is 16.5. The fraction of sp³-hybridized carbons (Fsp3) is 0.167. The fourth-order valence-corrected chi connectivity index (χ4v) is 13.5. The summed E-state index contributed by atoms with van der Waals surface area (Å²) in [6, 6.07) is 11.3. The van der Waals surface area contributed by atoms with E-state index in [0.29, 0.717) is 11.5 Å². The molecule has 0 heterocycles. The molecule has 0 fully saturated rings. The molecule has 2 aromatic carbocycles. The molecule has 2 aliphatic carbocycles. The summed E-state index contributed by atoms with van der Waals surface area (Å²) in [4.78, 5) is 0.0660. The van der Waals surface area contributed by atoms with Gasteiger partial charge in [0.25, 0.3) is 0 Å². The van der Waals surface area contributed by atoms with Gasteiger partial charge < -0.3 is 0 Å². The Kier molecular flexibility index (Phi) is 7.98. The molecular weight excluding hydrogens is 590 g/mol. The summed E-state index contributed by atoms with van der Waals surface area (Å²) in [7, 11) is 0. The summed E-state index contributed by atoms with van der Waals surface area (Å²) >= 11 is -4.77. The van der Waals surface area contributed by atoms with E-state index >= 15 is 0 Å². The minimum atomic E-state index is -4.40. The van der Waals surface area contributed by atoms with Gasteiger partial charge in [0.15, 0.2) is 0 Å². The van der Waals surface area contributed by atoms with Gasteiger partial charge in [-0.3, -0.25) is 0 Å². The van der Waals surface area contributed by atoms with Gasteiger partial charge >= 0.3 is 213 Å². The normalized spacial score (nSPS) is 16.4. The van der Waals surface area contributed by atoms with E-state index in [1.807, 2.05) is 48.6 Å². The third-order valence-corrected chi connectivity index (χ3v) is 15.8. The Bertz CT molecular complexity index is 1020. The van der Waals surface area contributed by atoms with Crippen molar-refractivity contribution in [2.45, 2.75) is 28.1 Å². The van der Waals surface area contributed by atoms with Crippen LogP contribution in [0.3, 0.4) is 0 Å². The number of thioether (sulfide) groups is 2. The Hall–Kier alpha value is -1.84. The molecule has 35 heavy (non-hydrogen) atoms. The summed E-state index contributed by atoms with van der Waals surface area (Å²) in [6.45, 7) is 0. The third-order valence-electron chi connectivity index (χ3n) is 5.09. The van der Waals surface area contributed by atoms with Crippen LogP contribution in [-0.4, -0.2) is 11.0 Å². The fourth-order valence-electron chi connectivity index (χ4n) is 3.70. The summed E-state index contributed by atoms with van der Waals surface area (Å²) in [5, 5.41) is 0. The maximum absolute atomic E-state index is 12.7. The van der Waals surface area contributed by atoms with E-state index in [9.17, 15) is 26.3 Å². The molecule has 0 N–H and O–H groups in total. The summed E-state index contributed by atoms with van der Waals surface area (Å²) in [5.41, 5.74) is -8.80. The number of rotatable bonds is 8. The quantitative estimate of drug-likeness (QED) is 0.220. The molecule has 0 bridgehead atoms. The van der Waals surface area contributed by atoms with E-state index in [2.05, 4.69) is 0 Å². The van der Waals surface area contributed by atoms with Gasteiger partial charge in [0.1, 0.15) is 0 Å². The van der Waals surface area contributed by atoms with Crippen LogP contribution in [0.5, 0.6) is 11.5 Å². The van der Waals surface area contributed by atoms with Crippen molar-refractivity contribution in [3.63, 3.8) is 0 Å². The number of benzene rings is 2. The van der Waals surface area contributed by atoms with Crippen molar-refractivity contribution in [3.8, 4) is 11.5 Å². The van der Waals surface area contributed by atoms with Crippen LogP contribution in [-0.2, 0) is 21.1 Å². The second-order valence-electron chi connectivity index (χ2n) is 7.56. The first-order valence-corrected chi connectivity index (χ1v) is 16.8. The maximum atomic E-state index is 12.7. The van der Waals surface area contributed by atoms with Crippen LogP contribution in [0.2, 0.25) is 7.25 Å². The number of hydrogen-bond donors (Lipinski definition) is 0. The van der Waals surface area contributed by atoms with Crippen molar-refractivity contribution >= 4 is 23.5 Å². The zero-order valence-electron chi connectivity index (χ0n) is 17.8. The summed E-state index contributed by atoms with van der Waals surface area (Å²) in [6.07, 6.45) is 15.3. The first-order valence-electron chi connectivity index (χ1n) is 10.3. The van der Waals surface area contributed by atoms with Crippen molar-refractivity contribution in [1.82, 2.24) is 0 Å². The van der Waals surface area contributed by atoms with E-state index < -0.39 is 32.2 Å². The molecule has 0 saturated heterocycles. The van der Waals surface area contributed by atoms with Crippen molar-refractivity contribution < 1.29 is 53.1 Å². The Morgan fingerprint density at radius 3 is 1.14 bits per heavy atom. The van der Waals surface area contributed by atoms with E-state index in [0.717, 1.165) is 0 Å². The van der Waals surface area contributed by atoms with Crippen molar-refractivity contribution in [2.24, 2.45) is 0 Å². The molecule has 0 aliphatic heterocycles. The van der Waals surface area contributed by atoms with Gasteiger partial charge in [-0.05, 0) is 0 Å². The number of halogens is 6. The Morgan fingerprint density at radius 2 is 0.857 bits per heavy atom. The van der Waals surface area contributed by atoms with Gasteiger partial charge in [-0.15, -0.1) is 0 Å². The molecule has 2 aliphatic rings. The van der Waals surface area contributed by atoms with E-state index in [1.54, 1.807) is 0 Å². The van der Waals surface area contributed by atoms with Crippen LogP contribution >= 0.6 is 23.5 Å². The van der Waals surface area contributed by atoms with Crippen LogP contribution < -0.4 is 5.63 Å². The van der Waals surface area contributed by atoms with Crippen molar-refractivity contribution in [2.75, 3.05) is 0 Å². The monoisotopic (exact) mass is 606 g/mol. The average molecular weight is 608 g/mol. The van der Waals surface area contributed by atoms with Crippen molar-refractivity contribution in [1.29, 1.82) is 0 Å². The standard InChI is InChI=1S/2C7H5F3OS.2C5H5.Zr/c2*8-7(9,10)12-6-3-1-5(11)2-4-6;2*1-2-4-5-3-1;/h2*1-4,11H;2*1-5H;/q;;;;+2/p-2. The van der Waals surface area contributed by atoms with Crippen LogP contribution in [0.1, 0.15) is 0 Å². The van der Waals surface area contributed by atoms with Crippen LogP contribution in [0.4, 0.5) is 26.3 Å². The molecular formula is C24H18F6O2S2Zr. The predicted molar refractivity (Wildman–Crippen MR) is 122 cm³/mol. The molecule has 0 atom stereocenters. The van der Waals surface area contributed by atoms with E-state index in [1.165, 1.54) is 48.5 Å². The molecule has 0 amide bonds. The van der Waals surface area contributed by atoms with Crippen molar-refractivity contribution in [3.05, 3.63) is 97.1 Å². The molecule has 11 heteroatoms. The molecule has 0 spiro atoms. The molecule has 0 aromatic heterocycles. The van der Waals surface area contributed by atoms with Gasteiger partial charge in [-0.2, -0.15) is 0 Å². The zero-order valence-corrected chi connectivity index (χ0v) is 21.9. The van der Waals surface area contributed by atoms with Crippen LogP contribution in [0.25, 0.3) is 0 Å². The predicted octanol–water partition coefficient (Wildman–Crippen LogP) is 9.18. The second kappa shape index (κ2) is 10.6. The molecule has 0 unspecified atom stereocenters. The van der Waals surface area contributed by atoms with Gasteiger partial charge in [-0.25, -0.2) is 0 Å². The van der Waals surface area contributed by atoms with E-state index in [-0.39, 0.29) is 40.6 Å². The van der Waals surface area contributed by atoms with Gasteiger partial charge in [0.05, 0.1) is 0 Å². The molecule has 2 aromatic rings. The second-order valence-corrected chi connectivity index (χ2v) is 17.7. The molecule has 2 nitrogen and oxygen atoms in total. The topological polar surface area (TPSA) is 18.5 Å². The summed E-state index contributed by atoms with van der Waals surface area (Å²) < 4.78 is 89.1. The molecule has 184 valence electrons. The minimum absolute atomic E-state index is 0.0330. The number of allylic oxidation sites excluding steroid dienone is 8. The van der Waals surface area contributed by atoms with E-state index in [4.69, 9.17) is 5.63 Å². The third kappa shape index (κ3) is 7.11.